The van der Waals surface area contributed by atoms with Gasteiger partial charge in [0, 0.05) is 18.3 Å². The largest absolute Gasteiger partial charge is 0.430 e. The first kappa shape index (κ1) is 7.46. The van der Waals surface area contributed by atoms with Gasteiger partial charge in [-0.1, -0.05) is 0 Å². The van der Waals surface area contributed by atoms with Crippen molar-refractivity contribution < 1.29 is 9.21 Å². The Morgan fingerprint density at radius 3 is 2.82 bits per heavy atom. The first-order valence-corrected chi connectivity index (χ1v) is 2.93. The second-order valence-corrected chi connectivity index (χ2v) is 1.81. The quantitative estimate of drug-likeness (QED) is 0.647. The maximum absolute atomic E-state index is 10.8. The predicted molar refractivity (Wildman–Crippen MR) is 37.6 cm³/mol. The summed E-state index contributed by atoms with van der Waals surface area (Å²) < 4.78 is 4.69. The van der Waals surface area contributed by atoms with Crippen LogP contribution in [0.15, 0.2) is 21.7 Å². The fraction of sp³-hybridized carbons (Fsp3) is 0.167. The molecule has 1 aromatic heterocycles. The molecular formula is C6H6N2O3. The molecule has 5 heteroatoms. The molecule has 0 unspecified atom stereocenters. The van der Waals surface area contributed by atoms with Crippen LogP contribution in [0.4, 0.5) is 5.88 Å². The maximum atomic E-state index is 10.8. The average Bonchev–Trinajstić information content (AvgIpc) is 2.50. The summed E-state index contributed by atoms with van der Waals surface area (Å²) in [5.74, 6) is -0.384. The van der Waals surface area contributed by atoms with Gasteiger partial charge in [-0.3, -0.25) is 4.79 Å². The minimum atomic E-state index is -0.375. The van der Waals surface area contributed by atoms with Crippen molar-refractivity contribution in [2.24, 2.45) is 5.18 Å². The summed E-state index contributed by atoms with van der Waals surface area (Å²) in [6.07, 6.45) is 0. The van der Waals surface area contributed by atoms with E-state index in [9.17, 15) is 9.70 Å². The lowest BCUT2D eigenvalue weighted by molar-refractivity contribution is 0.0936. The third-order valence-electron chi connectivity index (χ3n) is 1.13. The van der Waals surface area contributed by atoms with Crippen LogP contribution < -0.4 is 5.32 Å². The second-order valence-electron chi connectivity index (χ2n) is 1.81. The Hall–Kier alpha value is -1.65. The van der Waals surface area contributed by atoms with Gasteiger partial charge >= 0.3 is 0 Å². The number of nitrogens with one attached hydrogen (secondary N) is 1. The highest BCUT2D eigenvalue weighted by molar-refractivity contribution is 5.91. The molecule has 0 radical (unpaired) electrons. The van der Waals surface area contributed by atoms with E-state index in [1.807, 2.05) is 0 Å². The molecule has 0 fully saturated rings. The van der Waals surface area contributed by atoms with E-state index in [2.05, 4.69) is 10.5 Å². The minimum Gasteiger partial charge on any atom is -0.430 e. The molecule has 0 aliphatic carbocycles. The summed E-state index contributed by atoms with van der Waals surface area (Å²) in [6, 6.07) is 2.72. The first-order chi connectivity index (χ1) is 5.27. The Bertz CT molecular complexity index is 279. The molecule has 0 spiro atoms. The van der Waals surface area contributed by atoms with E-state index in [1.165, 1.54) is 19.2 Å². The Kier molecular flexibility index (Phi) is 2.00. The number of nitrogens with zero attached hydrogens (tertiary/aromatic N) is 1. The van der Waals surface area contributed by atoms with E-state index in [4.69, 9.17) is 4.42 Å². The molecule has 0 saturated carbocycles. The lowest BCUT2D eigenvalue weighted by Gasteiger charge is -1.90. The number of furan rings is 1. The highest BCUT2D eigenvalue weighted by Crippen LogP contribution is 2.15. The van der Waals surface area contributed by atoms with Crippen LogP contribution in [0.3, 0.4) is 0 Å². The molecule has 0 aromatic carbocycles. The maximum Gasteiger partial charge on any atom is 0.286 e. The number of amides is 1. The van der Waals surface area contributed by atoms with Gasteiger partial charge < -0.3 is 9.73 Å². The van der Waals surface area contributed by atoms with Crippen molar-refractivity contribution in [2.45, 2.75) is 0 Å². The van der Waals surface area contributed by atoms with Gasteiger partial charge in [0.2, 0.25) is 0 Å². The summed E-state index contributed by atoms with van der Waals surface area (Å²) in [4.78, 5) is 20.6. The molecule has 0 saturated heterocycles. The molecule has 1 amide bonds. The molecule has 0 aliphatic rings. The van der Waals surface area contributed by atoms with E-state index in [0.29, 0.717) is 0 Å². The van der Waals surface area contributed by atoms with E-state index in [1.54, 1.807) is 0 Å². The number of carbonyl (C=O) groups is 1. The zero-order valence-electron chi connectivity index (χ0n) is 5.83. The van der Waals surface area contributed by atoms with Crippen molar-refractivity contribution in [3.05, 3.63) is 22.8 Å². The highest BCUT2D eigenvalue weighted by Gasteiger charge is 2.08. The zero-order chi connectivity index (χ0) is 8.27. The highest BCUT2D eigenvalue weighted by atomic mass is 16.4. The summed E-state index contributed by atoms with van der Waals surface area (Å²) in [5.41, 5.74) is 0. The van der Waals surface area contributed by atoms with Crippen molar-refractivity contribution in [3.63, 3.8) is 0 Å². The number of carbonyl (C=O) groups excluding carboxylic acids is 1. The van der Waals surface area contributed by atoms with Gasteiger partial charge in [0.05, 0.1) is 0 Å². The van der Waals surface area contributed by atoms with E-state index >= 15 is 0 Å². The molecule has 1 N–H and O–H groups in total. The molecule has 58 valence electrons. The lowest BCUT2D eigenvalue weighted by Crippen LogP contribution is -2.16. The topological polar surface area (TPSA) is 71.7 Å². The molecule has 1 rings (SSSR count). The van der Waals surface area contributed by atoms with Gasteiger partial charge in [0.25, 0.3) is 11.8 Å². The summed E-state index contributed by atoms with van der Waals surface area (Å²) >= 11 is 0. The molecule has 1 heterocycles. The molecule has 0 atom stereocenters. The van der Waals surface area contributed by atoms with E-state index in [-0.39, 0.29) is 17.6 Å². The number of hydrogen-bond acceptors (Lipinski definition) is 4. The Labute approximate surface area is 62.4 Å². The van der Waals surface area contributed by atoms with E-state index in [0.717, 1.165) is 0 Å². The van der Waals surface area contributed by atoms with E-state index < -0.39 is 0 Å². The Morgan fingerprint density at radius 1 is 1.64 bits per heavy atom. The van der Waals surface area contributed by atoms with Crippen LogP contribution in [0, 0.1) is 4.91 Å². The van der Waals surface area contributed by atoms with Crippen molar-refractivity contribution >= 4 is 11.8 Å². The van der Waals surface area contributed by atoms with Crippen molar-refractivity contribution in [1.29, 1.82) is 0 Å². The fourth-order valence-electron chi connectivity index (χ4n) is 0.622. The van der Waals surface area contributed by atoms with Crippen molar-refractivity contribution in [1.82, 2.24) is 5.32 Å². The minimum absolute atomic E-state index is 0.0853. The Morgan fingerprint density at radius 2 is 2.36 bits per heavy atom. The summed E-state index contributed by atoms with van der Waals surface area (Å²) in [7, 11) is 1.47. The van der Waals surface area contributed by atoms with Gasteiger partial charge in [0.1, 0.15) is 0 Å². The number of hydrogen-bond donors (Lipinski definition) is 1. The molecule has 5 nitrogen and oxygen atoms in total. The van der Waals surface area contributed by atoms with Crippen LogP contribution in [0.2, 0.25) is 0 Å². The fourth-order valence-corrected chi connectivity index (χ4v) is 0.622. The van der Waals surface area contributed by atoms with Crippen LogP contribution in [-0.4, -0.2) is 13.0 Å². The zero-order valence-corrected chi connectivity index (χ0v) is 5.83. The summed E-state index contributed by atoms with van der Waals surface area (Å²) in [6.45, 7) is 0. The van der Waals surface area contributed by atoms with Crippen LogP contribution in [0.1, 0.15) is 10.6 Å². The van der Waals surface area contributed by atoms with Crippen molar-refractivity contribution in [3.8, 4) is 0 Å². The molecule has 11 heavy (non-hydrogen) atoms. The van der Waals surface area contributed by atoms with Gasteiger partial charge in [-0.2, -0.15) is 0 Å². The summed E-state index contributed by atoms with van der Waals surface area (Å²) in [5, 5.41) is 4.85. The first-order valence-electron chi connectivity index (χ1n) is 2.93. The second kappa shape index (κ2) is 2.96. The Balaban J connectivity index is 2.88. The van der Waals surface area contributed by atoms with Gasteiger partial charge in [-0.05, 0) is 6.07 Å². The molecule has 0 aliphatic heterocycles. The van der Waals surface area contributed by atoms with Crippen LogP contribution in [0.5, 0.6) is 0 Å². The third-order valence-corrected chi connectivity index (χ3v) is 1.13. The van der Waals surface area contributed by atoms with Gasteiger partial charge in [-0.25, -0.2) is 0 Å². The predicted octanol–water partition coefficient (Wildman–Crippen LogP) is 1.04. The van der Waals surface area contributed by atoms with Crippen molar-refractivity contribution in [2.75, 3.05) is 7.05 Å². The monoisotopic (exact) mass is 154 g/mol. The average molecular weight is 154 g/mol. The van der Waals surface area contributed by atoms with Crippen LogP contribution in [0.25, 0.3) is 0 Å². The normalized spacial score (nSPS) is 9.18. The van der Waals surface area contributed by atoms with Gasteiger partial charge in [-0.15, -0.1) is 4.91 Å². The number of rotatable bonds is 2. The smallest absolute Gasteiger partial charge is 0.286 e. The standard InChI is InChI=1S/C6H6N2O3/c1-7-6(9)4-2-3-5(8-10)11-4/h2-3H,1H3,(H,7,9). The SMILES string of the molecule is CNC(=O)c1ccc(N=O)o1. The number of nitroso groups, excluding NO2 is 1. The van der Waals surface area contributed by atoms with Crippen LogP contribution >= 0.6 is 0 Å². The van der Waals surface area contributed by atoms with Crippen LogP contribution in [-0.2, 0) is 0 Å². The lowest BCUT2D eigenvalue weighted by atomic mass is 10.4. The third kappa shape index (κ3) is 1.43. The molecular weight excluding hydrogens is 148 g/mol. The molecule has 1 aromatic rings. The molecule has 0 bridgehead atoms. The van der Waals surface area contributed by atoms with Gasteiger partial charge in [0.15, 0.2) is 5.76 Å².